The van der Waals surface area contributed by atoms with Gasteiger partial charge in [-0.05, 0) is 44.5 Å². The van der Waals surface area contributed by atoms with Gasteiger partial charge < -0.3 is 4.57 Å². The van der Waals surface area contributed by atoms with Crippen LogP contribution in [0, 0.1) is 24.1 Å². The number of benzene rings is 1. The average molecular weight is 270 g/mol. The van der Waals surface area contributed by atoms with E-state index in [0.717, 1.165) is 5.69 Å². The highest BCUT2D eigenvalue weighted by atomic mass is 19.1. The molecule has 1 aromatic heterocycles. The first-order valence-corrected chi connectivity index (χ1v) is 6.38. The molecule has 0 aliphatic carbocycles. The van der Waals surface area contributed by atoms with E-state index < -0.39 is 0 Å². The molecule has 0 aliphatic rings. The number of halogens is 1. The quantitative estimate of drug-likeness (QED) is 0.839. The van der Waals surface area contributed by atoms with E-state index in [0.29, 0.717) is 11.1 Å². The Morgan fingerprint density at radius 2 is 1.85 bits per heavy atom. The molecule has 0 bridgehead atoms. The zero-order valence-electron chi connectivity index (χ0n) is 11.6. The van der Waals surface area contributed by atoms with Crippen molar-refractivity contribution in [2.24, 2.45) is 0 Å². The summed E-state index contributed by atoms with van der Waals surface area (Å²) in [5.41, 5.74) is 1.78. The molecule has 102 valence electrons. The Morgan fingerprint density at radius 1 is 1.25 bits per heavy atom. The lowest BCUT2D eigenvalue weighted by molar-refractivity contribution is 0.562. The lowest BCUT2D eigenvalue weighted by atomic mass is 10.0. The minimum atomic E-state index is -0.348. The molecule has 0 fully saturated rings. The van der Waals surface area contributed by atoms with Gasteiger partial charge in [0.1, 0.15) is 17.4 Å². The summed E-state index contributed by atoms with van der Waals surface area (Å²) in [6.45, 7) is 5.62. The first-order chi connectivity index (χ1) is 9.45. The summed E-state index contributed by atoms with van der Waals surface area (Å²) in [6.07, 6.45) is 0. The maximum atomic E-state index is 13.0. The third kappa shape index (κ3) is 2.35. The van der Waals surface area contributed by atoms with Crippen LogP contribution < -0.4 is 5.56 Å². The molecule has 0 aliphatic heterocycles. The van der Waals surface area contributed by atoms with Gasteiger partial charge in [0.25, 0.3) is 5.56 Å². The monoisotopic (exact) mass is 270 g/mol. The van der Waals surface area contributed by atoms with Crippen molar-refractivity contribution >= 4 is 0 Å². The van der Waals surface area contributed by atoms with Crippen LogP contribution in [0.15, 0.2) is 35.1 Å². The highest BCUT2D eigenvalue weighted by Gasteiger charge is 2.15. The minimum Gasteiger partial charge on any atom is -0.309 e. The number of hydrogen-bond acceptors (Lipinski definition) is 2. The molecule has 0 unspecified atom stereocenters. The molecule has 0 amide bonds. The van der Waals surface area contributed by atoms with Crippen molar-refractivity contribution in [3.8, 4) is 17.2 Å². The first-order valence-electron chi connectivity index (χ1n) is 6.38. The van der Waals surface area contributed by atoms with Crippen molar-refractivity contribution in [1.29, 1.82) is 5.26 Å². The fraction of sp³-hybridized carbons (Fsp3) is 0.250. The van der Waals surface area contributed by atoms with Gasteiger partial charge in [0.2, 0.25) is 0 Å². The molecule has 4 heteroatoms. The number of aromatic nitrogens is 1. The van der Waals surface area contributed by atoms with Gasteiger partial charge in [-0.2, -0.15) is 5.26 Å². The number of rotatable bonds is 2. The summed E-state index contributed by atoms with van der Waals surface area (Å²) in [6, 6.07) is 9.54. The van der Waals surface area contributed by atoms with Crippen LogP contribution in [-0.2, 0) is 0 Å². The van der Waals surface area contributed by atoms with Crippen LogP contribution in [-0.4, -0.2) is 4.57 Å². The summed E-state index contributed by atoms with van der Waals surface area (Å²) in [7, 11) is 0. The second-order valence-electron chi connectivity index (χ2n) is 4.96. The topological polar surface area (TPSA) is 45.8 Å². The van der Waals surface area contributed by atoms with Gasteiger partial charge in [-0.25, -0.2) is 4.39 Å². The lowest BCUT2D eigenvalue weighted by Gasteiger charge is -2.16. The molecule has 0 saturated heterocycles. The lowest BCUT2D eigenvalue weighted by Crippen LogP contribution is -2.26. The number of nitriles is 1. The van der Waals surface area contributed by atoms with E-state index >= 15 is 0 Å². The summed E-state index contributed by atoms with van der Waals surface area (Å²) in [5.74, 6) is -0.348. The van der Waals surface area contributed by atoms with Crippen LogP contribution in [0.1, 0.15) is 31.1 Å². The standard InChI is InChI=1S/C16H15FN2O/c1-10(2)19-11(3)8-14(15(9-18)16(19)20)12-4-6-13(17)7-5-12/h4-8,10H,1-3H3. The zero-order valence-corrected chi connectivity index (χ0v) is 11.6. The molecule has 2 rings (SSSR count). The fourth-order valence-corrected chi connectivity index (χ4v) is 2.35. The summed E-state index contributed by atoms with van der Waals surface area (Å²) >= 11 is 0. The maximum Gasteiger partial charge on any atom is 0.269 e. The minimum absolute atomic E-state index is 0.0168. The molecule has 3 nitrogen and oxygen atoms in total. The second-order valence-corrected chi connectivity index (χ2v) is 4.96. The molecule has 0 atom stereocenters. The maximum absolute atomic E-state index is 13.0. The van der Waals surface area contributed by atoms with Gasteiger partial charge in [0.05, 0.1) is 0 Å². The third-order valence-corrected chi connectivity index (χ3v) is 3.22. The average Bonchev–Trinajstić information content (AvgIpc) is 2.38. The van der Waals surface area contributed by atoms with Crippen LogP contribution in [0.2, 0.25) is 0 Å². The van der Waals surface area contributed by atoms with E-state index in [9.17, 15) is 14.4 Å². The Labute approximate surface area is 116 Å². The predicted octanol–water partition coefficient (Wildman–Crippen LogP) is 3.42. The van der Waals surface area contributed by atoms with Crippen LogP contribution >= 0.6 is 0 Å². The van der Waals surface area contributed by atoms with E-state index in [2.05, 4.69) is 0 Å². The number of pyridine rings is 1. The SMILES string of the molecule is Cc1cc(-c2ccc(F)cc2)c(C#N)c(=O)n1C(C)C. The zero-order chi connectivity index (χ0) is 14.9. The summed E-state index contributed by atoms with van der Waals surface area (Å²) in [5, 5.41) is 9.27. The summed E-state index contributed by atoms with van der Waals surface area (Å²) in [4.78, 5) is 12.4. The van der Waals surface area contributed by atoms with E-state index in [1.165, 1.54) is 12.1 Å². The van der Waals surface area contributed by atoms with Crippen molar-refractivity contribution in [2.45, 2.75) is 26.8 Å². The van der Waals surface area contributed by atoms with Crippen molar-refractivity contribution in [3.05, 3.63) is 57.8 Å². The van der Waals surface area contributed by atoms with E-state index in [4.69, 9.17) is 0 Å². The first kappa shape index (κ1) is 14.0. The van der Waals surface area contributed by atoms with Gasteiger partial charge >= 0.3 is 0 Å². The van der Waals surface area contributed by atoms with E-state index in [1.807, 2.05) is 26.8 Å². The Balaban J connectivity index is 2.76. The van der Waals surface area contributed by atoms with Gasteiger partial charge in [-0.15, -0.1) is 0 Å². The van der Waals surface area contributed by atoms with Crippen LogP contribution in [0.5, 0.6) is 0 Å². The number of hydrogen-bond donors (Lipinski definition) is 0. The normalized spacial score (nSPS) is 10.6. The van der Waals surface area contributed by atoms with Gasteiger partial charge in [-0.3, -0.25) is 4.79 Å². The third-order valence-electron chi connectivity index (χ3n) is 3.22. The van der Waals surface area contributed by atoms with Gasteiger partial charge in [0.15, 0.2) is 0 Å². The Morgan fingerprint density at radius 3 is 2.35 bits per heavy atom. The molecular weight excluding hydrogens is 255 g/mol. The molecule has 0 spiro atoms. The molecule has 2 aromatic rings. The van der Waals surface area contributed by atoms with Crippen LogP contribution in [0.4, 0.5) is 4.39 Å². The van der Waals surface area contributed by atoms with Crippen molar-refractivity contribution < 1.29 is 4.39 Å². The van der Waals surface area contributed by atoms with Crippen molar-refractivity contribution in [1.82, 2.24) is 4.57 Å². The highest BCUT2D eigenvalue weighted by Crippen LogP contribution is 2.23. The van der Waals surface area contributed by atoms with E-state index in [1.54, 1.807) is 22.8 Å². The van der Waals surface area contributed by atoms with Crippen molar-refractivity contribution in [2.75, 3.05) is 0 Å². The number of nitrogens with zero attached hydrogens (tertiary/aromatic N) is 2. The molecule has 0 N–H and O–H groups in total. The molecule has 0 saturated carbocycles. The van der Waals surface area contributed by atoms with Crippen molar-refractivity contribution in [3.63, 3.8) is 0 Å². The Bertz CT molecular complexity index is 737. The molecule has 20 heavy (non-hydrogen) atoms. The van der Waals surface area contributed by atoms with Crippen LogP contribution in [0.3, 0.4) is 0 Å². The molecule has 0 radical (unpaired) electrons. The fourth-order valence-electron chi connectivity index (χ4n) is 2.35. The second kappa shape index (κ2) is 5.30. The Hall–Kier alpha value is -2.41. The Kier molecular flexibility index (Phi) is 3.71. The summed E-state index contributed by atoms with van der Waals surface area (Å²) < 4.78 is 14.6. The smallest absolute Gasteiger partial charge is 0.269 e. The molecular formula is C16H15FN2O. The van der Waals surface area contributed by atoms with Crippen LogP contribution in [0.25, 0.3) is 11.1 Å². The predicted molar refractivity (Wildman–Crippen MR) is 75.9 cm³/mol. The van der Waals surface area contributed by atoms with E-state index in [-0.39, 0.29) is 23.0 Å². The highest BCUT2D eigenvalue weighted by molar-refractivity contribution is 5.70. The molecule has 1 heterocycles. The van der Waals surface area contributed by atoms with Gasteiger partial charge in [0, 0.05) is 17.3 Å². The van der Waals surface area contributed by atoms with Gasteiger partial charge in [-0.1, -0.05) is 12.1 Å². The number of aryl methyl sites for hydroxylation is 1. The molecule has 1 aromatic carbocycles. The largest absolute Gasteiger partial charge is 0.309 e.